The normalized spacial score (nSPS) is 12.2. The van der Waals surface area contributed by atoms with Crippen molar-refractivity contribution < 1.29 is 14.3 Å². The average molecular weight is 312 g/mol. The van der Waals surface area contributed by atoms with Crippen molar-refractivity contribution in [2.45, 2.75) is 13.0 Å². The van der Waals surface area contributed by atoms with Gasteiger partial charge in [-0.15, -0.1) is 0 Å². The fourth-order valence-electron chi connectivity index (χ4n) is 1.27. The Morgan fingerprint density at radius 3 is 2.67 bits per heavy atom. The highest BCUT2D eigenvalue weighted by Gasteiger charge is 2.13. The van der Waals surface area contributed by atoms with Gasteiger partial charge in [0.25, 0.3) is 0 Å². The molecular formula is C13H14BrNO3. The molecular weight excluding hydrogens is 298 g/mol. The van der Waals surface area contributed by atoms with E-state index in [0.717, 1.165) is 10.0 Å². The van der Waals surface area contributed by atoms with E-state index in [1.54, 1.807) is 13.0 Å². The van der Waals surface area contributed by atoms with Gasteiger partial charge in [-0.25, -0.2) is 4.79 Å². The van der Waals surface area contributed by atoms with Gasteiger partial charge in [-0.05, 0) is 24.6 Å². The maximum Gasteiger partial charge on any atom is 0.328 e. The topological polar surface area (TPSA) is 55.4 Å². The van der Waals surface area contributed by atoms with Crippen LogP contribution in [0.15, 0.2) is 34.8 Å². The summed E-state index contributed by atoms with van der Waals surface area (Å²) in [6.45, 7) is 1.57. The van der Waals surface area contributed by atoms with Crippen molar-refractivity contribution in [3.8, 4) is 0 Å². The molecule has 1 rings (SSSR count). The van der Waals surface area contributed by atoms with Gasteiger partial charge >= 0.3 is 5.97 Å². The SMILES string of the molecule is COC(=O)C(C)NC(=O)C=Cc1ccccc1Br. The molecule has 1 amide bonds. The van der Waals surface area contributed by atoms with Gasteiger partial charge in [0.15, 0.2) is 0 Å². The fraction of sp³-hybridized carbons (Fsp3) is 0.231. The van der Waals surface area contributed by atoms with Gasteiger partial charge in [0, 0.05) is 10.5 Å². The summed E-state index contributed by atoms with van der Waals surface area (Å²) in [5.74, 6) is -0.818. The fourth-order valence-corrected chi connectivity index (χ4v) is 1.69. The molecule has 1 atom stereocenters. The lowest BCUT2D eigenvalue weighted by Crippen LogP contribution is -2.38. The number of rotatable bonds is 4. The Labute approximate surface area is 114 Å². The van der Waals surface area contributed by atoms with Crippen LogP contribution in [0.1, 0.15) is 12.5 Å². The van der Waals surface area contributed by atoms with E-state index < -0.39 is 12.0 Å². The highest BCUT2D eigenvalue weighted by atomic mass is 79.9. The molecule has 0 radical (unpaired) electrons. The molecule has 96 valence electrons. The van der Waals surface area contributed by atoms with Crippen molar-refractivity contribution in [2.75, 3.05) is 7.11 Å². The first-order valence-corrected chi connectivity index (χ1v) is 6.15. The van der Waals surface area contributed by atoms with E-state index in [1.165, 1.54) is 13.2 Å². The quantitative estimate of drug-likeness (QED) is 0.684. The predicted molar refractivity (Wildman–Crippen MR) is 72.8 cm³/mol. The lowest BCUT2D eigenvalue weighted by Gasteiger charge is -2.09. The van der Waals surface area contributed by atoms with Crippen LogP contribution in [-0.4, -0.2) is 25.0 Å². The summed E-state index contributed by atoms with van der Waals surface area (Å²) in [7, 11) is 1.28. The molecule has 5 heteroatoms. The first-order valence-electron chi connectivity index (χ1n) is 5.35. The number of methoxy groups -OCH3 is 1. The standard InChI is InChI=1S/C13H14BrNO3/c1-9(13(17)18-2)15-12(16)8-7-10-5-3-4-6-11(10)14/h3-9H,1-2H3,(H,15,16). The summed E-state index contributed by atoms with van der Waals surface area (Å²) >= 11 is 3.37. The summed E-state index contributed by atoms with van der Waals surface area (Å²) < 4.78 is 5.41. The van der Waals surface area contributed by atoms with Crippen molar-refractivity contribution in [2.24, 2.45) is 0 Å². The molecule has 0 fully saturated rings. The minimum absolute atomic E-state index is 0.344. The molecule has 0 aliphatic carbocycles. The first kappa shape index (κ1) is 14.4. The van der Waals surface area contributed by atoms with E-state index in [2.05, 4.69) is 26.0 Å². The average Bonchev–Trinajstić information content (AvgIpc) is 2.36. The number of benzene rings is 1. The molecule has 0 saturated heterocycles. The molecule has 1 unspecified atom stereocenters. The predicted octanol–water partition coefficient (Wildman–Crippen LogP) is 2.14. The highest BCUT2D eigenvalue weighted by molar-refractivity contribution is 9.10. The van der Waals surface area contributed by atoms with Gasteiger partial charge in [-0.3, -0.25) is 4.79 Å². The van der Waals surface area contributed by atoms with E-state index in [9.17, 15) is 9.59 Å². The molecule has 0 aliphatic heterocycles. The van der Waals surface area contributed by atoms with Crippen molar-refractivity contribution in [3.05, 3.63) is 40.4 Å². The molecule has 1 aromatic rings. The molecule has 0 spiro atoms. The summed E-state index contributed by atoms with van der Waals surface area (Å²) in [5, 5.41) is 2.50. The number of hydrogen-bond donors (Lipinski definition) is 1. The third-order valence-electron chi connectivity index (χ3n) is 2.23. The molecule has 0 saturated carbocycles. The lowest BCUT2D eigenvalue weighted by atomic mass is 10.2. The van der Waals surface area contributed by atoms with E-state index >= 15 is 0 Å². The van der Waals surface area contributed by atoms with Crippen LogP contribution in [0.5, 0.6) is 0 Å². The van der Waals surface area contributed by atoms with Crippen LogP contribution < -0.4 is 5.32 Å². The number of carbonyl (C=O) groups is 2. The Hall–Kier alpha value is -1.62. The Kier molecular flexibility index (Phi) is 5.58. The zero-order chi connectivity index (χ0) is 13.5. The third-order valence-corrected chi connectivity index (χ3v) is 2.96. The second-order valence-corrected chi connectivity index (χ2v) is 4.46. The number of hydrogen-bond acceptors (Lipinski definition) is 3. The van der Waals surface area contributed by atoms with Crippen LogP contribution in [0.25, 0.3) is 6.08 Å². The first-order chi connectivity index (χ1) is 8.54. The Morgan fingerprint density at radius 1 is 1.39 bits per heavy atom. The van der Waals surface area contributed by atoms with E-state index in [0.29, 0.717) is 0 Å². The van der Waals surface area contributed by atoms with E-state index in [1.807, 2.05) is 24.3 Å². The van der Waals surface area contributed by atoms with Crippen molar-refractivity contribution >= 4 is 33.9 Å². The maximum atomic E-state index is 11.5. The summed E-state index contributed by atoms with van der Waals surface area (Å²) in [4.78, 5) is 22.6. The van der Waals surface area contributed by atoms with Crippen molar-refractivity contribution in [3.63, 3.8) is 0 Å². The Bertz CT molecular complexity index is 471. The zero-order valence-corrected chi connectivity index (χ0v) is 11.7. The minimum Gasteiger partial charge on any atom is -0.467 e. The van der Waals surface area contributed by atoms with Crippen LogP contribution in [-0.2, 0) is 14.3 Å². The van der Waals surface area contributed by atoms with Gasteiger partial charge in [0.1, 0.15) is 6.04 Å². The van der Waals surface area contributed by atoms with Crippen LogP contribution in [0.3, 0.4) is 0 Å². The van der Waals surface area contributed by atoms with Crippen LogP contribution >= 0.6 is 15.9 Å². The molecule has 1 aromatic carbocycles. The molecule has 0 bridgehead atoms. The summed E-state index contributed by atoms with van der Waals surface area (Å²) in [6, 6.07) is 6.86. The van der Waals surface area contributed by atoms with Gasteiger partial charge < -0.3 is 10.1 Å². The molecule has 1 N–H and O–H groups in total. The number of amides is 1. The van der Waals surface area contributed by atoms with Crippen LogP contribution in [0, 0.1) is 0 Å². The number of carbonyl (C=O) groups excluding carboxylic acids is 2. The minimum atomic E-state index is -0.661. The number of halogens is 1. The molecule has 0 aliphatic rings. The van der Waals surface area contributed by atoms with Gasteiger partial charge in [0.05, 0.1) is 7.11 Å². The molecule has 0 aromatic heterocycles. The summed E-state index contributed by atoms with van der Waals surface area (Å²) in [6.07, 6.45) is 3.04. The number of ether oxygens (including phenoxy) is 1. The monoisotopic (exact) mass is 311 g/mol. The van der Waals surface area contributed by atoms with Crippen molar-refractivity contribution in [1.82, 2.24) is 5.32 Å². The molecule has 0 heterocycles. The van der Waals surface area contributed by atoms with Gasteiger partial charge in [-0.1, -0.05) is 34.1 Å². The van der Waals surface area contributed by atoms with Gasteiger partial charge in [0.2, 0.25) is 5.91 Å². The van der Waals surface area contributed by atoms with E-state index in [4.69, 9.17) is 0 Å². The summed E-state index contributed by atoms with van der Waals surface area (Å²) in [5.41, 5.74) is 0.887. The lowest BCUT2D eigenvalue weighted by molar-refractivity contribution is -0.144. The third kappa shape index (κ3) is 4.33. The second kappa shape index (κ2) is 6.96. The Balaban J connectivity index is 2.60. The van der Waals surface area contributed by atoms with Crippen molar-refractivity contribution in [1.29, 1.82) is 0 Å². The highest BCUT2D eigenvalue weighted by Crippen LogP contribution is 2.16. The number of nitrogens with one attached hydrogen (secondary N) is 1. The smallest absolute Gasteiger partial charge is 0.328 e. The second-order valence-electron chi connectivity index (χ2n) is 3.61. The zero-order valence-electron chi connectivity index (χ0n) is 10.1. The molecule has 4 nitrogen and oxygen atoms in total. The van der Waals surface area contributed by atoms with E-state index in [-0.39, 0.29) is 5.91 Å². The van der Waals surface area contributed by atoms with Crippen LogP contribution in [0.2, 0.25) is 0 Å². The number of esters is 1. The van der Waals surface area contributed by atoms with Crippen LogP contribution in [0.4, 0.5) is 0 Å². The Morgan fingerprint density at radius 2 is 2.06 bits per heavy atom. The van der Waals surface area contributed by atoms with Gasteiger partial charge in [-0.2, -0.15) is 0 Å². The molecule has 18 heavy (non-hydrogen) atoms. The maximum absolute atomic E-state index is 11.5. The largest absolute Gasteiger partial charge is 0.467 e.